The van der Waals surface area contributed by atoms with E-state index in [1.807, 2.05) is 12.1 Å². The smallest absolute Gasteiger partial charge is 0.151 e. The summed E-state index contributed by atoms with van der Waals surface area (Å²) in [6, 6.07) is 8.23. The fraction of sp³-hybridized carbons (Fsp3) is 0.467. The fourth-order valence-electron chi connectivity index (χ4n) is 2.58. The summed E-state index contributed by atoms with van der Waals surface area (Å²) < 4.78 is 2.31. The van der Waals surface area contributed by atoms with Gasteiger partial charge in [0.05, 0.1) is 21.2 Å². The lowest BCUT2D eigenvalue weighted by atomic mass is 9.99. The second-order valence-electron chi connectivity index (χ2n) is 5.10. The molecular weight excluding hydrogens is 288 g/mol. The molecule has 0 amide bonds. The summed E-state index contributed by atoms with van der Waals surface area (Å²) in [4.78, 5) is 4.67. The van der Waals surface area contributed by atoms with Crippen molar-refractivity contribution in [3.8, 4) is 0 Å². The van der Waals surface area contributed by atoms with Crippen molar-refractivity contribution in [2.24, 2.45) is 5.16 Å². The first-order chi connectivity index (χ1) is 9.86. The van der Waals surface area contributed by atoms with E-state index in [0.717, 1.165) is 34.8 Å². The minimum atomic E-state index is 0.279. The van der Waals surface area contributed by atoms with Crippen molar-refractivity contribution < 1.29 is 5.21 Å². The zero-order chi connectivity index (χ0) is 13.8. The Hall–Kier alpha value is -1.07. The number of nitrogens with zero attached hydrogens (tertiary/aromatic N) is 2. The minimum Gasteiger partial charge on any atom is -0.411 e. The van der Waals surface area contributed by atoms with Crippen molar-refractivity contribution in [1.29, 1.82) is 0 Å². The largest absolute Gasteiger partial charge is 0.411 e. The van der Waals surface area contributed by atoms with E-state index in [2.05, 4.69) is 22.3 Å². The van der Waals surface area contributed by atoms with Gasteiger partial charge in [0, 0.05) is 0 Å². The van der Waals surface area contributed by atoms with Gasteiger partial charge in [0.1, 0.15) is 0 Å². The molecule has 1 N–H and O–H groups in total. The minimum absolute atomic E-state index is 0.279. The summed E-state index contributed by atoms with van der Waals surface area (Å²) in [6.07, 6.45) is 6.88. The van der Waals surface area contributed by atoms with Gasteiger partial charge in [-0.05, 0) is 31.4 Å². The Morgan fingerprint density at radius 2 is 2.05 bits per heavy atom. The highest BCUT2D eigenvalue weighted by atomic mass is 32.2. The third-order valence-electron chi connectivity index (χ3n) is 3.67. The van der Waals surface area contributed by atoms with Crippen LogP contribution in [0.3, 0.4) is 0 Å². The second kappa shape index (κ2) is 6.59. The molecule has 106 valence electrons. The van der Waals surface area contributed by atoms with Crippen LogP contribution in [0.25, 0.3) is 10.2 Å². The van der Waals surface area contributed by atoms with E-state index in [1.165, 1.54) is 24.0 Å². The maximum absolute atomic E-state index is 9.25. The van der Waals surface area contributed by atoms with E-state index in [4.69, 9.17) is 0 Å². The summed E-state index contributed by atoms with van der Waals surface area (Å²) in [5, 5.41) is 13.1. The molecule has 0 aliphatic heterocycles. The predicted octanol–water partition coefficient (Wildman–Crippen LogP) is 4.94. The van der Waals surface area contributed by atoms with Gasteiger partial charge in [-0.15, -0.1) is 11.3 Å². The Bertz CT molecular complexity index is 576. The number of para-hydroxylation sites is 1. The number of rotatable bonds is 2. The molecule has 0 bridgehead atoms. The number of hydrogen-bond acceptors (Lipinski definition) is 5. The summed E-state index contributed by atoms with van der Waals surface area (Å²) in [7, 11) is 0. The lowest BCUT2D eigenvalue weighted by Crippen LogP contribution is -2.19. The molecule has 1 heterocycles. The molecule has 5 heteroatoms. The molecule has 0 unspecified atom stereocenters. The molecule has 1 aromatic heterocycles. The van der Waals surface area contributed by atoms with Gasteiger partial charge in [0.25, 0.3) is 0 Å². The number of thioether (sulfide) groups is 1. The Morgan fingerprint density at radius 3 is 2.90 bits per heavy atom. The van der Waals surface area contributed by atoms with Crippen LogP contribution in [-0.2, 0) is 0 Å². The maximum atomic E-state index is 9.25. The molecular formula is C15H18N2OS2. The zero-order valence-electron chi connectivity index (χ0n) is 11.3. The quantitative estimate of drug-likeness (QED) is 0.631. The number of aromatic nitrogens is 1. The van der Waals surface area contributed by atoms with Crippen molar-refractivity contribution in [2.45, 2.75) is 48.1 Å². The van der Waals surface area contributed by atoms with E-state index < -0.39 is 0 Å². The third kappa shape index (κ3) is 3.15. The summed E-state index contributed by atoms with van der Waals surface area (Å²) in [5.41, 5.74) is 2.00. The SMILES string of the molecule is O/N=C1\CCCCCC[C@@H]1Sc1nc2ccccc2s1. The molecule has 0 spiro atoms. The van der Waals surface area contributed by atoms with Crippen molar-refractivity contribution >= 4 is 39.0 Å². The van der Waals surface area contributed by atoms with Gasteiger partial charge in [-0.1, -0.05) is 48.3 Å². The van der Waals surface area contributed by atoms with Crippen LogP contribution in [0.1, 0.15) is 38.5 Å². The molecule has 2 aromatic rings. The molecule has 0 radical (unpaired) electrons. The Kier molecular flexibility index (Phi) is 4.58. The van der Waals surface area contributed by atoms with Gasteiger partial charge in [-0.3, -0.25) is 0 Å². The monoisotopic (exact) mass is 306 g/mol. The normalized spacial score (nSPS) is 22.8. The first kappa shape index (κ1) is 13.9. The van der Waals surface area contributed by atoms with Crippen LogP contribution >= 0.6 is 23.1 Å². The van der Waals surface area contributed by atoms with Crippen LogP contribution in [0.4, 0.5) is 0 Å². The summed E-state index contributed by atoms with van der Waals surface area (Å²) >= 11 is 3.49. The van der Waals surface area contributed by atoms with Crippen LogP contribution < -0.4 is 0 Å². The Balaban J connectivity index is 1.79. The fourth-order valence-corrected chi connectivity index (χ4v) is 5.07. The third-order valence-corrected chi connectivity index (χ3v) is 6.12. The topological polar surface area (TPSA) is 45.5 Å². The predicted molar refractivity (Wildman–Crippen MR) is 86.2 cm³/mol. The van der Waals surface area contributed by atoms with Gasteiger partial charge in [0.2, 0.25) is 0 Å². The van der Waals surface area contributed by atoms with Crippen molar-refractivity contribution in [1.82, 2.24) is 4.98 Å². The van der Waals surface area contributed by atoms with Gasteiger partial charge >= 0.3 is 0 Å². The lowest BCUT2D eigenvalue weighted by Gasteiger charge is -2.19. The van der Waals surface area contributed by atoms with E-state index in [9.17, 15) is 5.21 Å². The van der Waals surface area contributed by atoms with Gasteiger partial charge in [-0.25, -0.2) is 4.98 Å². The highest BCUT2D eigenvalue weighted by Crippen LogP contribution is 2.35. The molecule has 3 nitrogen and oxygen atoms in total. The maximum Gasteiger partial charge on any atom is 0.151 e. The van der Waals surface area contributed by atoms with Gasteiger partial charge in [0.15, 0.2) is 4.34 Å². The van der Waals surface area contributed by atoms with Crippen LogP contribution in [0.5, 0.6) is 0 Å². The Labute approximate surface area is 127 Å². The summed E-state index contributed by atoms with van der Waals surface area (Å²) in [5.74, 6) is 0. The molecule has 1 atom stereocenters. The Morgan fingerprint density at radius 1 is 1.20 bits per heavy atom. The average molecular weight is 306 g/mol. The van der Waals surface area contributed by atoms with Gasteiger partial charge < -0.3 is 5.21 Å². The number of hydrogen-bond donors (Lipinski definition) is 1. The first-order valence-corrected chi connectivity index (χ1v) is 8.79. The molecule has 1 saturated carbocycles. The molecule has 1 aliphatic rings. The number of oxime groups is 1. The van der Waals surface area contributed by atoms with Crippen molar-refractivity contribution in [2.75, 3.05) is 0 Å². The average Bonchev–Trinajstić information content (AvgIpc) is 2.84. The highest BCUT2D eigenvalue weighted by Gasteiger charge is 2.21. The second-order valence-corrected chi connectivity index (χ2v) is 7.58. The molecule has 1 aliphatic carbocycles. The number of fused-ring (bicyclic) bond motifs is 1. The zero-order valence-corrected chi connectivity index (χ0v) is 12.9. The standard InChI is InChI=1S/C15H18N2OS2/c18-17-12-8-3-1-2-4-9-14(12)20-15-16-11-7-5-6-10-13(11)19-15/h5-7,10,14,18H,1-4,8-9H2/b17-12+/t14-/m0/s1. The van der Waals surface area contributed by atoms with Gasteiger partial charge in [-0.2, -0.15) is 0 Å². The van der Waals surface area contributed by atoms with Crippen LogP contribution in [0.15, 0.2) is 33.8 Å². The van der Waals surface area contributed by atoms with Crippen LogP contribution in [0.2, 0.25) is 0 Å². The summed E-state index contributed by atoms with van der Waals surface area (Å²) in [6.45, 7) is 0. The van der Waals surface area contributed by atoms with Crippen LogP contribution in [0, 0.1) is 0 Å². The molecule has 0 saturated heterocycles. The molecule has 1 fully saturated rings. The lowest BCUT2D eigenvalue weighted by molar-refractivity contribution is 0.315. The van der Waals surface area contributed by atoms with E-state index in [0.29, 0.717) is 0 Å². The first-order valence-electron chi connectivity index (χ1n) is 7.10. The molecule has 20 heavy (non-hydrogen) atoms. The van der Waals surface area contributed by atoms with Crippen molar-refractivity contribution in [3.63, 3.8) is 0 Å². The number of thiazole rings is 1. The molecule has 1 aromatic carbocycles. The van der Waals surface area contributed by atoms with E-state index >= 15 is 0 Å². The van der Waals surface area contributed by atoms with Crippen molar-refractivity contribution in [3.05, 3.63) is 24.3 Å². The number of benzene rings is 1. The molecule has 3 rings (SSSR count). The van der Waals surface area contributed by atoms with E-state index in [1.54, 1.807) is 23.1 Å². The van der Waals surface area contributed by atoms with Crippen LogP contribution in [-0.4, -0.2) is 21.2 Å². The highest BCUT2D eigenvalue weighted by molar-refractivity contribution is 8.02. The van der Waals surface area contributed by atoms with E-state index in [-0.39, 0.29) is 5.25 Å².